The average Bonchev–Trinajstić information content (AvgIpc) is 2.54. The van der Waals surface area contributed by atoms with E-state index in [0.717, 1.165) is 18.8 Å². The third-order valence-corrected chi connectivity index (χ3v) is 4.98. The fourth-order valence-corrected chi connectivity index (χ4v) is 3.25. The lowest BCUT2D eigenvalue weighted by atomic mass is 10.1. The number of nitrogens with zero attached hydrogens (tertiary/aromatic N) is 2. The van der Waals surface area contributed by atoms with Crippen LogP contribution in [0, 0.1) is 5.92 Å². The number of hydrogen-bond acceptors (Lipinski definition) is 5. The van der Waals surface area contributed by atoms with E-state index in [0.29, 0.717) is 19.6 Å². The fourth-order valence-electron chi connectivity index (χ4n) is 2.74. The first-order valence-electron chi connectivity index (χ1n) is 7.64. The van der Waals surface area contributed by atoms with Crippen molar-refractivity contribution in [1.29, 1.82) is 0 Å². The van der Waals surface area contributed by atoms with Crippen molar-refractivity contribution in [2.75, 3.05) is 44.7 Å². The highest BCUT2D eigenvalue weighted by Crippen LogP contribution is 2.19. The number of amides is 1. The number of primary sulfonamides is 1. The molecular formula is C15H26Cl2N4O3S. The second kappa shape index (κ2) is 10.2. The molecular weight excluding hydrogens is 387 g/mol. The van der Waals surface area contributed by atoms with Crippen molar-refractivity contribution < 1.29 is 13.2 Å². The zero-order valence-electron chi connectivity index (χ0n) is 14.3. The van der Waals surface area contributed by atoms with Crippen molar-refractivity contribution in [2.45, 2.75) is 11.8 Å². The molecule has 1 unspecified atom stereocenters. The molecule has 7 nitrogen and oxygen atoms in total. The van der Waals surface area contributed by atoms with Crippen LogP contribution in [-0.4, -0.2) is 59.0 Å². The van der Waals surface area contributed by atoms with Crippen LogP contribution in [0.25, 0.3) is 0 Å². The van der Waals surface area contributed by atoms with Gasteiger partial charge in [0, 0.05) is 44.3 Å². The van der Waals surface area contributed by atoms with Crippen LogP contribution in [0.5, 0.6) is 0 Å². The van der Waals surface area contributed by atoms with Gasteiger partial charge in [-0.1, -0.05) is 6.92 Å². The number of sulfonamides is 1. The number of rotatable bonds is 5. The SMILES string of the molecule is CNCC(C)C(=O)N1CCN(c2ccc(S(N)(=O)=O)cc2)CC1.Cl.Cl. The van der Waals surface area contributed by atoms with Crippen LogP contribution in [0.15, 0.2) is 29.2 Å². The van der Waals surface area contributed by atoms with E-state index in [1.807, 2.05) is 18.9 Å². The quantitative estimate of drug-likeness (QED) is 0.740. The summed E-state index contributed by atoms with van der Waals surface area (Å²) >= 11 is 0. The number of nitrogens with one attached hydrogen (secondary N) is 1. The Morgan fingerprint density at radius 1 is 1.16 bits per heavy atom. The molecule has 0 aromatic heterocycles. The molecule has 1 aromatic rings. The van der Waals surface area contributed by atoms with E-state index in [1.54, 1.807) is 12.1 Å². The molecule has 2 rings (SSSR count). The van der Waals surface area contributed by atoms with Gasteiger partial charge in [0.2, 0.25) is 15.9 Å². The van der Waals surface area contributed by atoms with Crippen molar-refractivity contribution in [1.82, 2.24) is 10.2 Å². The zero-order chi connectivity index (χ0) is 17.0. The Morgan fingerprint density at radius 3 is 2.12 bits per heavy atom. The fraction of sp³-hybridized carbons (Fsp3) is 0.533. The van der Waals surface area contributed by atoms with Crippen molar-refractivity contribution in [2.24, 2.45) is 11.1 Å². The van der Waals surface area contributed by atoms with Crippen LogP contribution < -0.4 is 15.4 Å². The van der Waals surface area contributed by atoms with Crippen LogP contribution in [-0.2, 0) is 14.8 Å². The average molecular weight is 413 g/mol. The molecule has 1 amide bonds. The summed E-state index contributed by atoms with van der Waals surface area (Å²) in [5, 5.41) is 8.12. The molecule has 1 aliphatic rings. The van der Waals surface area contributed by atoms with Crippen molar-refractivity contribution in [3.8, 4) is 0 Å². The van der Waals surface area contributed by atoms with Gasteiger partial charge in [-0.25, -0.2) is 13.6 Å². The molecule has 1 saturated heterocycles. The zero-order valence-corrected chi connectivity index (χ0v) is 16.8. The molecule has 1 heterocycles. The third-order valence-electron chi connectivity index (χ3n) is 4.05. The number of benzene rings is 1. The summed E-state index contributed by atoms with van der Waals surface area (Å²) in [6, 6.07) is 6.52. The second-order valence-electron chi connectivity index (χ2n) is 5.81. The maximum Gasteiger partial charge on any atom is 0.238 e. The number of hydrogen-bond donors (Lipinski definition) is 2. The minimum atomic E-state index is -3.66. The van der Waals surface area contributed by atoms with Gasteiger partial charge in [-0.05, 0) is 31.3 Å². The summed E-state index contributed by atoms with van der Waals surface area (Å²) in [5.74, 6) is 0.143. The smallest absolute Gasteiger partial charge is 0.238 e. The Morgan fingerprint density at radius 2 is 1.68 bits per heavy atom. The van der Waals surface area contributed by atoms with Gasteiger partial charge in [0.25, 0.3) is 0 Å². The minimum Gasteiger partial charge on any atom is -0.368 e. The maximum absolute atomic E-state index is 12.3. The molecule has 10 heteroatoms. The van der Waals surface area contributed by atoms with Crippen molar-refractivity contribution in [3.63, 3.8) is 0 Å². The van der Waals surface area contributed by atoms with Gasteiger partial charge in [0.15, 0.2) is 0 Å². The molecule has 0 aliphatic carbocycles. The highest BCUT2D eigenvalue weighted by atomic mass is 35.5. The predicted octanol–water partition coefficient (Wildman–Crippen LogP) is 0.682. The van der Waals surface area contributed by atoms with E-state index < -0.39 is 10.0 Å². The Hall–Kier alpha value is -1.06. The van der Waals surface area contributed by atoms with Crippen LogP contribution >= 0.6 is 24.8 Å². The maximum atomic E-state index is 12.3. The van der Waals surface area contributed by atoms with Crippen molar-refractivity contribution >= 4 is 46.4 Å². The molecule has 1 aromatic carbocycles. The first kappa shape index (κ1) is 23.9. The summed E-state index contributed by atoms with van der Waals surface area (Å²) in [7, 11) is -1.82. The molecule has 1 fully saturated rings. The van der Waals surface area contributed by atoms with Crippen LogP contribution in [0.4, 0.5) is 5.69 Å². The van der Waals surface area contributed by atoms with Gasteiger partial charge in [0.05, 0.1) is 4.90 Å². The highest BCUT2D eigenvalue weighted by molar-refractivity contribution is 7.89. The Kier molecular flexibility index (Phi) is 9.75. The first-order valence-corrected chi connectivity index (χ1v) is 9.18. The number of carbonyl (C=O) groups is 1. The van der Waals surface area contributed by atoms with E-state index >= 15 is 0 Å². The molecule has 0 saturated carbocycles. The standard InChI is InChI=1S/C15H24N4O3S.2ClH/c1-12(11-17-2)15(20)19-9-7-18(8-10-19)13-3-5-14(6-4-13)23(16,21)22;;/h3-6,12,17H,7-11H2,1-2H3,(H2,16,21,22);2*1H. The van der Waals surface area contributed by atoms with E-state index in [4.69, 9.17) is 5.14 Å². The summed E-state index contributed by atoms with van der Waals surface area (Å²) in [6.07, 6.45) is 0. The van der Waals surface area contributed by atoms with Crippen LogP contribution in [0.2, 0.25) is 0 Å². The van der Waals surface area contributed by atoms with Gasteiger partial charge in [-0.3, -0.25) is 4.79 Å². The lowest BCUT2D eigenvalue weighted by Crippen LogP contribution is -2.51. The van der Waals surface area contributed by atoms with E-state index in [1.165, 1.54) is 12.1 Å². The van der Waals surface area contributed by atoms with E-state index in [2.05, 4.69) is 10.2 Å². The third kappa shape index (κ3) is 6.31. The molecule has 0 bridgehead atoms. The van der Waals surface area contributed by atoms with Gasteiger partial charge in [-0.15, -0.1) is 24.8 Å². The normalized spacial score (nSPS) is 15.8. The van der Waals surface area contributed by atoms with Gasteiger partial charge in [-0.2, -0.15) is 0 Å². The van der Waals surface area contributed by atoms with Crippen LogP contribution in [0.1, 0.15) is 6.92 Å². The molecule has 25 heavy (non-hydrogen) atoms. The molecule has 0 spiro atoms. The monoisotopic (exact) mass is 412 g/mol. The lowest BCUT2D eigenvalue weighted by Gasteiger charge is -2.37. The second-order valence-corrected chi connectivity index (χ2v) is 7.37. The van der Waals surface area contributed by atoms with E-state index in [-0.39, 0.29) is 41.5 Å². The highest BCUT2D eigenvalue weighted by Gasteiger charge is 2.24. The largest absolute Gasteiger partial charge is 0.368 e. The number of anilines is 1. The summed E-state index contributed by atoms with van der Waals surface area (Å²) in [5.41, 5.74) is 0.938. The Balaban J connectivity index is 0.00000288. The lowest BCUT2D eigenvalue weighted by molar-refractivity contribution is -0.135. The number of halogens is 2. The summed E-state index contributed by atoms with van der Waals surface area (Å²) < 4.78 is 22.5. The molecule has 3 N–H and O–H groups in total. The number of piperazine rings is 1. The summed E-state index contributed by atoms with van der Waals surface area (Å²) in [4.78, 5) is 16.4. The van der Waals surface area contributed by atoms with E-state index in [9.17, 15) is 13.2 Å². The van der Waals surface area contributed by atoms with Crippen molar-refractivity contribution in [3.05, 3.63) is 24.3 Å². The molecule has 1 aliphatic heterocycles. The van der Waals surface area contributed by atoms with Crippen LogP contribution in [0.3, 0.4) is 0 Å². The van der Waals surface area contributed by atoms with Gasteiger partial charge in [0.1, 0.15) is 0 Å². The predicted molar refractivity (Wildman–Crippen MR) is 104 cm³/mol. The van der Waals surface area contributed by atoms with Gasteiger partial charge >= 0.3 is 0 Å². The molecule has 0 radical (unpaired) electrons. The number of carbonyl (C=O) groups excluding carboxylic acids is 1. The topological polar surface area (TPSA) is 95.7 Å². The molecule has 1 atom stereocenters. The summed E-state index contributed by atoms with van der Waals surface area (Å²) in [6.45, 7) is 5.40. The minimum absolute atomic E-state index is 0. The van der Waals surface area contributed by atoms with Gasteiger partial charge < -0.3 is 15.1 Å². The number of nitrogens with two attached hydrogens (primary N) is 1. The Bertz CT molecular complexity index is 647. The Labute approximate surface area is 161 Å². The molecule has 144 valence electrons. The first-order chi connectivity index (χ1) is 10.8.